The van der Waals surface area contributed by atoms with Crippen LogP contribution in [0.25, 0.3) is 21.5 Å². The average Bonchev–Trinajstić information content (AvgIpc) is 2.74. The van der Waals surface area contributed by atoms with Crippen LogP contribution in [0.5, 0.6) is 11.5 Å². The number of ether oxygens (including phenoxy) is 2. The lowest BCUT2D eigenvalue weighted by Gasteiger charge is -2.25. The van der Waals surface area contributed by atoms with Crippen molar-refractivity contribution in [1.29, 1.82) is 0 Å². The number of unbranched alkanes of at least 4 members (excludes halogenated alkanes) is 6. The molecule has 0 fully saturated rings. The largest absolute Gasteiger partial charge is 0.491 e. The second-order valence-electron chi connectivity index (χ2n) is 7.42. The molecule has 150 valence electrons. The Labute approximate surface area is 169 Å². The van der Waals surface area contributed by atoms with Crippen LogP contribution in [-0.4, -0.2) is 13.2 Å². The highest BCUT2D eigenvalue weighted by Gasteiger charge is 2.10. The highest BCUT2D eigenvalue weighted by atomic mass is 16.5. The fourth-order valence-corrected chi connectivity index (χ4v) is 3.64. The van der Waals surface area contributed by atoms with E-state index >= 15 is 0 Å². The van der Waals surface area contributed by atoms with Gasteiger partial charge in [-0.3, -0.25) is 0 Å². The lowest BCUT2D eigenvalue weighted by atomic mass is 10.00. The van der Waals surface area contributed by atoms with Gasteiger partial charge in [-0.1, -0.05) is 63.1 Å². The van der Waals surface area contributed by atoms with Crippen LogP contribution in [0.2, 0.25) is 0 Å². The van der Waals surface area contributed by atoms with Crippen LogP contribution in [0.1, 0.15) is 65.2 Å². The summed E-state index contributed by atoms with van der Waals surface area (Å²) in [6.07, 6.45) is 9.54. The van der Waals surface area contributed by atoms with E-state index in [4.69, 9.17) is 9.47 Å². The highest BCUT2D eigenvalue weighted by Crippen LogP contribution is 2.43. The third-order valence-corrected chi connectivity index (χ3v) is 5.20. The summed E-state index contributed by atoms with van der Waals surface area (Å²) in [6.45, 7) is 5.92. The summed E-state index contributed by atoms with van der Waals surface area (Å²) >= 11 is 0. The molecule has 0 atom stereocenters. The van der Waals surface area contributed by atoms with Gasteiger partial charge in [0.15, 0.2) is 0 Å². The van der Waals surface area contributed by atoms with Gasteiger partial charge in [-0.05, 0) is 12.8 Å². The van der Waals surface area contributed by atoms with Crippen LogP contribution < -0.4 is 9.47 Å². The number of hydrogen-bond acceptors (Lipinski definition) is 2. The Bertz CT molecular complexity index is 796. The van der Waals surface area contributed by atoms with Crippen molar-refractivity contribution >= 4 is 21.5 Å². The number of hydrogen-bond donors (Lipinski definition) is 0. The third kappa shape index (κ3) is 4.98. The predicted molar refractivity (Wildman–Crippen MR) is 118 cm³/mol. The Balaban J connectivity index is 1.93. The number of rotatable bonds is 12. The standard InChI is InChI=1S/C26H32O2/c1-3-5-7-13-19-27-25-23-17-11-9-15-21(23)22-16-10-12-18-24(22)26(25)28-20-14-8-6-4-2/h11-12,15-18H,3-8,13-14,19-20H2,1-2H3/q-2. The minimum Gasteiger partial charge on any atom is -0.491 e. The van der Waals surface area contributed by atoms with Crippen LogP contribution in [0.15, 0.2) is 36.4 Å². The van der Waals surface area contributed by atoms with Gasteiger partial charge in [0.1, 0.15) is 11.5 Å². The van der Waals surface area contributed by atoms with Crippen LogP contribution in [0.3, 0.4) is 0 Å². The predicted octanol–water partition coefficient (Wildman–Crippen LogP) is 7.51. The van der Waals surface area contributed by atoms with E-state index in [2.05, 4.69) is 38.1 Å². The summed E-state index contributed by atoms with van der Waals surface area (Å²) < 4.78 is 12.7. The van der Waals surface area contributed by atoms with Crippen molar-refractivity contribution in [3.05, 3.63) is 48.5 Å². The molecule has 0 radical (unpaired) electrons. The molecule has 28 heavy (non-hydrogen) atoms. The van der Waals surface area contributed by atoms with E-state index in [-0.39, 0.29) is 0 Å². The highest BCUT2D eigenvalue weighted by molar-refractivity contribution is 6.13. The van der Waals surface area contributed by atoms with Crippen molar-refractivity contribution in [2.45, 2.75) is 65.2 Å². The maximum absolute atomic E-state index is 6.33. The smallest absolute Gasteiger partial charge is 0.142 e. The molecule has 3 aromatic carbocycles. The van der Waals surface area contributed by atoms with Crippen molar-refractivity contribution in [3.8, 4) is 11.5 Å². The lowest BCUT2D eigenvalue weighted by molar-refractivity contribution is 0.264. The maximum atomic E-state index is 6.33. The molecule has 0 heterocycles. The van der Waals surface area contributed by atoms with E-state index in [1.807, 2.05) is 24.3 Å². The molecular formula is C26H32O2-2. The fraction of sp³-hybridized carbons (Fsp3) is 0.462. The maximum Gasteiger partial charge on any atom is 0.142 e. The Kier molecular flexibility index (Phi) is 8.02. The summed E-state index contributed by atoms with van der Waals surface area (Å²) in [5.74, 6) is 1.77. The van der Waals surface area contributed by atoms with E-state index in [0.29, 0.717) is 0 Å². The average molecular weight is 377 g/mol. The Hall–Kier alpha value is -2.22. The van der Waals surface area contributed by atoms with Crippen LogP contribution in [0, 0.1) is 12.1 Å². The van der Waals surface area contributed by atoms with E-state index in [1.165, 1.54) is 38.5 Å². The van der Waals surface area contributed by atoms with Gasteiger partial charge in [0.25, 0.3) is 0 Å². The molecule has 0 aliphatic heterocycles. The molecule has 0 aliphatic carbocycles. The molecule has 0 unspecified atom stereocenters. The minimum absolute atomic E-state index is 0.727. The van der Waals surface area contributed by atoms with Crippen LogP contribution in [-0.2, 0) is 0 Å². The van der Waals surface area contributed by atoms with Gasteiger partial charge in [0, 0.05) is 0 Å². The summed E-state index contributed by atoms with van der Waals surface area (Å²) in [6, 6.07) is 18.6. The van der Waals surface area contributed by atoms with E-state index in [0.717, 1.165) is 59.1 Å². The quantitative estimate of drug-likeness (QED) is 0.185. The molecule has 0 spiro atoms. The zero-order valence-electron chi connectivity index (χ0n) is 17.4. The molecule has 2 nitrogen and oxygen atoms in total. The third-order valence-electron chi connectivity index (χ3n) is 5.20. The first kappa shape index (κ1) is 20.5. The van der Waals surface area contributed by atoms with Crippen molar-refractivity contribution in [2.24, 2.45) is 0 Å². The van der Waals surface area contributed by atoms with Gasteiger partial charge in [-0.25, -0.2) is 0 Å². The Morgan fingerprint density at radius 1 is 0.607 bits per heavy atom. The van der Waals surface area contributed by atoms with E-state index < -0.39 is 0 Å². The molecule has 0 saturated heterocycles. The van der Waals surface area contributed by atoms with Gasteiger partial charge in [-0.2, -0.15) is 59.3 Å². The topological polar surface area (TPSA) is 18.5 Å². The van der Waals surface area contributed by atoms with Crippen molar-refractivity contribution in [3.63, 3.8) is 0 Å². The minimum atomic E-state index is 0.727. The van der Waals surface area contributed by atoms with Crippen LogP contribution in [0.4, 0.5) is 0 Å². The molecule has 0 aliphatic rings. The fourth-order valence-electron chi connectivity index (χ4n) is 3.64. The summed E-state index contributed by atoms with van der Waals surface area (Å²) in [4.78, 5) is 0. The molecule has 0 N–H and O–H groups in total. The first-order chi connectivity index (χ1) is 13.9. The Morgan fingerprint density at radius 2 is 1.07 bits per heavy atom. The molecule has 0 aromatic heterocycles. The van der Waals surface area contributed by atoms with Gasteiger partial charge < -0.3 is 9.47 Å². The molecule has 3 rings (SSSR count). The SMILES string of the molecule is CCCCCCOc1c(OCCCCCC)c2cc[c-]cc2c2c[c-]ccc12. The zero-order chi connectivity index (χ0) is 19.6. The Morgan fingerprint density at radius 3 is 1.50 bits per heavy atom. The summed E-state index contributed by atoms with van der Waals surface area (Å²) in [5.41, 5.74) is 0. The van der Waals surface area contributed by atoms with Crippen molar-refractivity contribution in [2.75, 3.05) is 13.2 Å². The van der Waals surface area contributed by atoms with Gasteiger partial charge in [-0.15, -0.1) is 0 Å². The molecule has 2 heteroatoms. The number of benzene rings is 3. The van der Waals surface area contributed by atoms with E-state index in [1.54, 1.807) is 0 Å². The van der Waals surface area contributed by atoms with Crippen molar-refractivity contribution in [1.82, 2.24) is 0 Å². The van der Waals surface area contributed by atoms with Gasteiger partial charge >= 0.3 is 0 Å². The monoisotopic (exact) mass is 376 g/mol. The van der Waals surface area contributed by atoms with Crippen LogP contribution >= 0.6 is 0 Å². The molecular weight excluding hydrogens is 344 g/mol. The van der Waals surface area contributed by atoms with E-state index in [9.17, 15) is 0 Å². The normalized spacial score (nSPS) is 11.2. The second kappa shape index (κ2) is 10.9. The summed E-state index contributed by atoms with van der Waals surface area (Å²) in [5, 5.41) is 4.50. The van der Waals surface area contributed by atoms with Crippen molar-refractivity contribution < 1.29 is 9.47 Å². The van der Waals surface area contributed by atoms with Gasteiger partial charge in [0.2, 0.25) is 0 Å². The zero-order valence-corrected chi connectivity index (χ0v) is 17.4. The number of fused-ring (bicyclic) bond motifs is 3. The lowest BCUT2D eigenvalue weighted by Crippen LogP contribution is -2.04. The molecule has 0 saturated carbocycles. The molecule has 0 amide bonds. The second-order valence-corrected chi connectivity index (χ2v) is 7.42. The first-order valence-corrected chi connectivity index (χ1v) is 10.9. The van der Waals surface area contributed by atoms with Gasteiger partial charge in [0.05, 0.1) is 13.2 Å². The summed E-state index contributed by atoms with van der Waals surface area (Å²) in [7, 11) is 0. The first-order valence-electron chi connectivity index (χ1n) is 10.9. The molecule has 3 aromatic rings. The molecule has 0 bridgehead atoms.